The van der Waals surface area contributed by atoms with Gasteiger partial charge in [-0.25, -0.2) is 4.79 Å². The van der Waals surface area contributed by atoms with Gasteiger partial charge in [0.05, 0.1) is 6.61 Å². The van der Waals surface area contributed by atoms with Gasteiger partial charge in [0.1, 0.15) is 0 Å². The van der Waals surface area contributed by atoms with Crippen LogP contribution in [0.1, 0.15) is 18.1 Å². The Morgan fingerprint density at radius 1 is 1.38 bits per heavy atom. The third kappa shape index (κ3) is 2.22. The first kappa shape index (κ1) is 10.7. The van der Waals surface area contributed by atoms with E-state index in [0.29, 0.717) is 18.6 Å². The lowest BCUT2D eigenvalue weighted by molar-refractivity contribution is -0.138. The van der Waals surface area contributed by atoms with Crippen LogP contribution in [0.4, 0.5) is 0 Å². The van der Waals surface area contributed by atoms with E-state index in [-0.39, 0.29) is 5.97 Å². The third-order valence-corrected chi connectivity index (χ3v) is 2.55. The van der Waals surface area contributed by atoms with Crippen molar-refractivity contribution in [2.24, 2.45) is 0 Å². The molecule has 0 amide bonds. The summed E-state index contributed by atoms with van der Waals surface area (Å²) in [6.45, 7) is 2.24. The van der Waals surface area contributed by atoms with Crippen molar-refractivity contribution in [1.29, 1.82) is 0 Å². The Kier molecular flexibility index (Phi) is 3.20. The first-order valence-corrected chi connectivity index (χ1v) is 5.43. The maximum atomic E-state index is 11.6. The van der Waals surface area contributed by atoms with Gasteiger partial charge in [0.15, 0.2) is 0 Å². The van der Waals surface area contributed by atoms with Crippen molar-refractivity contribution in [1.82, 2.24) is 0 Å². The summed E-state index contributed by atoms with van der Waals surface area (Å²) in [5.41, 5.74) is 3.04. The van der Waals surface area contributed by atoms with E-state index < -0.39 is 0 Å². The topological polar surface area (TPSA) is 26.3 Å². The number of allylic oxidation sites excluding steroid dienone is 2. The monoisotopic (exact) mass is 214 g/mol. The standard InChI is InChI=1S/C14H14O2/c1-2-16-14(15)13-9-5-8-11-6-3-4-7-12(11)10-13/h3-9H,2,10H2,1H3. The minimum atomic E-state index is -0.219. The van der Waals surface area contributed by atoms with E-state index in [2.05, 4.69) is 0 Å². The zero-order chi connectivity index (χ0) is 11.4. The van der Waals surface area contributed by atoms with Gasteiger partial charge in [-0.15, -0.1) is 0 Å². The molecule has 16 heavy (non-hydrogen) atoms. The van der Waals surface area contributed by atoms with Gasteiger partial charge in [-0.05, 0) is 18.1 Å². The van der Waals surface area contributed by atoms with Crippen LogP contribution in [0.5, 0.6) is 0 Å². The zero-order valence-corrected chi connectivity index (χ0v) is 9.27. The summed E-state index contributed by atoms with van der Waals surface area (Å²) in [6.07, 6.45) is 6.39. The molecular formula is C14H14O2. The SMILES string of the molecule is CCOC(=O)C1=CC=Cc2ccccc2C1. The van der Waals surface area contributed by atoms with Crippen molar-refractivity contribution in [3.05, 3.63) is 53.1 Å². The number of carbonyl (C=O) groups excluding carboxylic acids is 1. The van der Waals surface area contributed by atoms with Crippen LogP contribution in [0.15, 0.2) is 42.0 Å². The van der Waals surface area contributed by atoms with Crippen molar-refractivity contribution >= 4 is 12.0 Å². The molecule has 0 saturated carbocycles. The highest BCUT2D eigenvalue weighted by molar-refractivity contribution is 5.90. The summed E-state index contributed by atoms with van der Waals surface area (Å²) in [4.78, 5) is 11.6. The largest absolute Gasteiger partial charge is 0.463 e. The lowest BCUT2D eigenvalue weighted by atomic mass is 10.0. The van der Waals surface area contributed by atoms with Crippen molar-refractivity contribution in [3.63, 3.8) is 0 Å². The number of fused-ring (bicyclic) bond motifs is 1. The fourth-order valence-electron chi connectivity index (χ4n) is 1.75. The molecule has 2 heteroatoms. The molecule has 0 N–H and O–H groups in total. The second-order valence-corrected chi connectivity index (χ2v) is 3.65. The van der Waals surface area contributed by atoms with Crippen LogP contribution < -0.4 is 0 Å². The minimum Gasteiger partial charge on any atom is -0.463 e. The van der Waals surface area contributed by atoms with E-state index in [1.54, 1.807) is 0 Å². The summed E-state index contributed by atoms with van der Waals surface area (Å²) in [5.74, 6) is -0.219. The van der Waals surface area contributed by atoms with Crippen LogP contribution in [0, 0.1) is 0 Å². The number of carbonyl (C=O) groups is 1. The quantitative estimate of drug-likeness (QED) is 0.707. The maximum absolute atomic E-state index is 11.6. The van der Waals surface area contributed by atoms with Gasteiger partial charge in [0, 0.05) is 12.0 Å². The molecule has 0 unspecified atom stereocenters. The Hall–Kier alpha value is -1.83. The highest BCUT2D eigenvalue weighted by Crippen LogP contribution is 2.19. The fourth-order valence-corrected chi connectivity index (χ4v) is 1.75. The summed E-state index contributed by atoms with van der Waals surface area (Å²) in [5, 5.41) is 0. The van der Waals surface area contributed by atoms with Crippen LogP contribution in [0.2, 0.25) is 0 Å². The highest BCUT2D eigenvalue weighted by atomic mass is 16.5. The Morgan fingerprint density at radius 2 is 2.19 bits per heavy atom. The van der Waals surface area contributed by atoms with Crippen molar-refractivity contribution in [2.75, 3.05) is 6.61 Å². The van der Waals surface area contributed by atoms with Crippen molar-refractivity contribution in [3.8, 4) is 0 Å². The molecule has 1 aliphatic rings. The van der Waals surface area contributed by atoms with Gasteiger partial charge in [-0.1, -0.05) is 42.5 Å². The Labute approximate surface area is 95.2 Å². The van der Waals surface area contributed by atoms with Crippen LogP contribution in [-0.2, 0) is 16.0 Å². The lowest BCUT2D eigenvalue weighted by Gasteiger charge is -2.07. The Balaban J connectivity index is 2.26. The highest BCUT2D eigenvalue weighted by Gasteiger charge is 2.13. The number of ether oxygens (including phenoxy) is 1. The average molecular weight is 214 g/mol. The van der Waals surface area contributed by atoms with Crippen LogP contribution in [-0.4, -0.2) is 12.6 Å². The van der Waals surface area contributed by atoms with Crippen molar-refractivity contribution in [2.45, 2.75) is 13.3 Å². The van der Waals surface area contributed by atoms with E-state index in [1.165, 1.54) is 0 Å². The molecule has 1 aliphatic carbocycles. The average Bonchev–Trinajstić information content (AvgIpc) is 2.51. The first-order valence-electron chi connectivity index (χ1n) is 5.43. The molecule has 0 aromatic heterocycles. The fraction of sp³-hybridized carbons (Fsp3) is 0.214. The van der Waals surface area contributed by atoms with E-state index in [4.69, 9.17) is 4.74 Å². The zero-order valence-electron chi connectivity index (χ0n) is 9.27. The lowest BCUT2D eigenvalue weighted by Crippen LogP contribution is -2.09. The van der Waals surface area contributed by atoms with Gasteiger partial charge in [-0.2, -0.15) is 0 Å². The number of hydrogen-bond acceptors (Lipinski definition) is 2. The van der Waals surface area contributed by atoms with Crippen LogP contribution in [0.3, 0.4) is 0 Å². The summed E-state index contributed by atoms with van der Waals surface area (Å²) in [7, 11) is 0. The molecule has 82 valence electrons. The molecular weight excluding hydrogens is 200 g/mol. The number of hydrogen-bond donors (Lipinski definition) is 0. The van der Waals surface area contributed by atoms with E-state index in [1.807, 2.05) is 49.4 Å². The molecule has 0 aliphatic heterocycles. The molecule has 0 bridgehead atoms. The number of benzene rings is 1. The molecule has 0 heterocycles. The smallest absolute Gasteiger partial charge is 0.334 e. The van der Waals surface area contributed by atoms with Gasteiger partial charge >= 0.3 is 5.97 Å². The molecule has 0 spiro atoms. The molecule has 2 nitrogen and oxygen atoms in total. The van der Waals surface area contributed by atoms with Gasteiger partial charge < -0.3 is 4.74 Å². The van der Waals surface area contributed by atoms with Gasteiger partial charge in [0.25, 0.3) is 0 Å². The molecule has 1 aromatic rings. The Morgan fingerprint density at radius 3 is 3.00 bits per heavy atom. The molecule has 1 aromatic carbocycles. The summed E-state index contributed by atoms with van der Waals surface area (Å²) < 4.78 is 5.01. The second kappa shape index (κ2) is 4.79. The summed E-state index contributed by atoms with van der Waals surface area (Å²) in [6, 6.07) is 8.07. The molecule has 0 fully saturated rings. The normalized spacial score (nSPS) is 13.7. The second-order valence-electron chi connectivity index (χ2n) is 3.65. The number of esters is 1. The first-order chi connectivity index (χ1) is 7.81. The third-order valence-electron chi connectivity index (χ3n) is 2.55. The minimum absolute atomic E-state index is 0.219. The van der Waals surface area contributed by atoms with E-state index in [9.17, 15) is 4.79 Å². The van der Waals surface area contributed by atoms with Crippen LogP contribution >= 0.6 is 0 Å². The van der Waals surface area contributed by atoms with E-state index >= 15 is 0 Å². The van der Waals surface area contributed by atoms with Crippen LogP contribution in [0.25, 0.3) is 6.08 Å². The van der Waals surface area contributed by atoms with Gasteiger partial charge in [0.2, 0.25) is 0 Å². The molecule has 2 rings (SSSR count). The predicted octanol–water partition coefficient (Wildman–Crippen LogP) is 2.75. The van der Waals surface area contributed by atoms with E-state index in [0.717, 1.165) is 11.1 Å². The molecule has 0 atom stereocenters. The Bertz CT molecular complexity index is 456. The van der Waals surface area contributed by atoms with Crippen molar-refractivity contribution < 1.29 is 9.53 Å². The predicted molar refractivity (Wildman–Crippen MR) is 63.9 cm³/mol. The molecule has 0 radical (unpaired) electrons. The summed E-state index contributed by atoms with van der Waals surface area (Å²) >= 11 is 0. The molecule has 0 saturated heterocycles. The van der Waals surface area contributed by atoms with Gasteiger partial charge in [-0.3, -0.25) is 0 Å². The number of rotatable bonds is 2. The maximum Gasteiger partial charge on any atom is 0.334 e.